The first kappa shape index (κ1) is 19.8. The standard InChI is InChI=1S/C21H16ClFN2O2S/c1-13(26)24-14-6-9-17(22)19(12-14)25-21(27)11-8-15-7-10-20(28-15)16-4-2-3-5-18(16)23/h2-12H,1H3,(H,24,26)(H,25,27)/b11-8+. The predicted octanol–water partition coefficient (Wildman–Crippen LogP) is 5.82. The Morgan fingerprint density at radius 2 is 1.86 bits per heavy atom. The maximum absolute atomic E-state index is 13.9. The summed E-state index contributed by atoms with van der Waals surface area (Å²) in [7, 11) is 0. The molecule has 2 N–H and O–H groups in total. The largest absolute Gasteiger partial charge is 0.326 e. The fraction of sp³-hybridized carbons (Fsp3) is 0.0476. The molecule has 0 aliphatic heterocycles. The van der Waals surface area contributed by atoms with Gasteiger partial charge in [0.15, 0.2) is 0 Å². The van der Waals surface area contributed by atoms with Crippen molar-refractivity contribution in [1.82, 2.24) is 0 Å². The van der Waals surface area contributed by atoms with Crippen molar-refractivity contribution >= 4 is 52.2 Å². The van der Waals surface area contributed by atoms with Crippen LogP contribution in [0.1, 0.15) is 11.8 Å². The summed E-state index contributed by atoms with van der Waals surface area (Å²) in [5.74, 6) is -0.878. The second kappa shape index (κ2) is 8.82. The molecule has 0 bridgehead atoms. The van der Waals surface area contributed by atoms with Gasteiger partial charge in [0.1, 0.15) is 5.82 Å². The molecule has 0 aliphatic rings. The second-order valence-corrected chi connectivity index (χ2v) is 7.40. The Morgan fingerprint density at radius 1 is 1.07 bits per heavy atom. The lowest BCUT2D eigenvalue weighted by Crippen LogP contribution is -2.10. The summed E-state index contributed by atoms with van der Waals surface area (Å²) in [4.78, 5) is 24.9. The van der Waals surface area contributed by atoms with Gasteiger partial charge in [-0.05, 0) is 42.5 Å². The van der Waals surface area contributed by atoms with Gasteiger partial charge in [-0.1, -0.05) is 29.8 Å². The van der Waals surface area contributed by atoms with Gasteiger partial charge in [-0.3, -0.25) is 9.59 Å². The minimum Gasteiger partial charge on any atom is -0.326 e. The van der Waals surface area contributed by atoms with E-state index >= 15 is 0 Å². The average molecular weight is 415 g/mol. The van der Waals surface area contributed by atoms with E-state index in [-0.39, 0.29) is 17.6 Å². The molecule has 1 heterocycles. The van der Waals surface area contributed by atoms with Gasteiger partial charge >= 0.3 is 0 Å². The third kappa shape index (κ3) is 5.06. The monoisotopic (exact) mass is 414 g/mol. The van der Waals surface area contributed by atoms with Crippen LogP contribution in [-0.4, -0.2) is 11.8 Å². The fourth-order valence-electron chi connectivity index (χ4n) is 2.48. The second-order valence-electron chi connectivity index (χ2n) is 5.88. The van der Waals surface area contributed by atoms with Crippen LogP contribution in [0.3, 0.4) is 0 Å². The molecule has 2 aromatic carbocycles. The zero-order valence-electron chi connectivity index (χ0n) is 14.8. The van der Waals surface area contributed by atoms with E-state index in [2.05, 4.69) is 10.6 Å². The van der Waals surface area contributed by atoms with Gasteiger partial charge in [0.05, 0.1) is 10.7 Å². The summed E-state index contributed by atoms with van der Waals surface area (Å²) in [6.07, 6.45) is 3.02. The number of thiophene rings is 1. The van der Waals surface area contributed by atoms with Gasteiger partial charge in [-0.25, -0.2) is 4.39 Å². The third-order valence-corrected chi connectivity index (χ3v) is 5.12. The van der Waals surface area contributed by atoms with E-state index in [0.717, 1.165) is 9.75 Å². The van der Waals surface area contributed by atoms with Crippen molar-refractivity contribution in [3.8, 4) is 10.4 Å². The zero-order chi connectivity index (χ0) is 20.1. The van der Waals surface area contributed by atoms with E-state index in [0.29, 0.717) is 22.0 Å². The highest BCUT2D eigenvalue weighted by Gasteiger charge is 2.08. The van der Waals surface area contributed by atoms with Crippen molar-refractivity contribution in [1.29, 1.82) is 0 Å². The van der Waals surface area contributed by atoms with Crippen LogP contribution < -0.4 is 10.6 Å². The van der Waals surface area contributed by atoms with Crippen LogP contribution in [0.25, 0.3) is 16.5 Å². The van der Waals surface area contributed by atoms with Crippen molar-refractivity contribution in [3.05, 3.63) is 76.4 Å². The van der Waals surface area contributed by atoms with Gasteiger partial charge in [-0.15, -0.1) is 11.3 Å². The Morgan fingerprint density at radius 3 is 2.61 bits per heavy atom. The molecule has 142 valence electrons. The zero-order valence-corrected chi connectivity index (χ0v) is 16.4. The first-order valence-electron chi connectivity index (χ1n) is 8.33. The quantitative estimate of drug-likeness (QED) is 0.517. The van der Waals surface area contributed by atoms with Crippen LogP contribution in [0.15, 0.2) is 60.7 Å². The van der Waals surface area contributed by atoms with Crippen LogP contribution in [-0.2, 0) is 9.59 Å². The topological polar surface area (TPSA) is 58.2 Å². The molecule has 0 spiro atoms. The molecule has 0 atom stereocenters. The van der Waals surface area contributed by atoms with E-state index in [9.17, 15) is 14.0 Å². The van der Waals surface area contributed by atoms with E-state index in [1.54, 1.807) is 42.5 Å². The minimum absolute atomic E-state index is 0.220. The smallest absolute Gasteiger partial charge is 0.248 e. The fourth-order valence-corrected chi connectivity index (χ4v) is 3.58. The normalized spacial score (nSPS) is 10.8. The van der Waals surface area contributed by atoms with E-state index < -0.39 is 0 Å². The first-order valence-corrected chi connectivity index (χ1v) is 9.53. The number of hydrogen-bond acceptors (Lipinski definition) is 3. The molecule has 0 unspecified atom stereocenters. The molecular formula is C21H16ClFN2O2S. The van der Waals surface area contributed by atoms with Crippen molar-refractivity contribution in [3.63, 3.8) is 0 Å². The summed E-state index contributed by atoms with van der Waals surface area (Å²) in [6.45, 7) is 1.40. The van der Waals surface area contributed by atoms with Crippen LogP contribution in [0, 0.1) is 5.82 Å². The summed E-state index contributed by atoms with van der Waals surface area (Å²) < 4.78 is 13.9. The summed E-state index contributed by atoms with van der Waals surface area (Å²) in [5.41, 5.74) is 1.45. The number of halogens is 2. The number of amides is 2. The highest BCUT2D eigenvalue weighted by atomic mass is 35.5. The molecule has 4 nitrogen and oxygen atoms in total. The lowest BCUT2D eigenvalue weighted by molar-refractivity contribution is -0.114. The Kier molecular flexibility index (Phi) is 6.23. The number of hydrogen-bond donors (Lipinski definition) is 2. The number of carbonyl (C=O) groups is 2. The van der Waals surface area contributed by atoms with Crippen molar-refractivity contribution in [2.45, 2.75) is 6.92 Å². The predicted molar refractivity (Wildman–Crippen MR) is 113 cm³/mol. The highest BCUT2D eigenvalue weighted by Crippen LogP contribution is 2.31. The molecule has 28 heavy (non-hydrogen) atoms. The number of rotatable bonds is 5. The van der Waals surface area contributed by atoms with Crippen molar-refractivity contribution < 1.29 is 14.0 Å². The number of nitrogens with one attached hydrogen (secondary N) is 2. The van der Waals surface area contributed by atoms with E-state index in [1.165, 1.54) is 30.4 Å². The third-order valence-electron chi connectivity index (χ3n) is 3.71. The lowest BCUT2D eigenvalue weighted by Gasteiger charge is -2.08. The van der Waals surface area contributed by atoms with Gasteiger partial charge in [0, 0.05) is 34.0 Å². The molecule has 3 aromatic rings. The van der Waals surface area contributed by atoms with E-state index in [1.807, 2.05) is 12.1 Å². The van der Waals surface area contributed by atoms with Crippen molar-refractivity contribution in [2.24, 2.45) is 0 Å². The SMILES string of the molecule is CC(=O)Nc1ccc(Cl)c(NC(=O)/C=C/c2ccc(-c3ccccc3F)s2)c1. The Hall–Kier alpha value is -2.96. The highest BCUT2D eigenvalue weighted by molar-refractivity contribution is 7.16. The number of anilines is 2. The lowest BCUT2D eigenvalue weighted by atomic mass is 10.2. The van der Waals surface area contributed by atoms with Crippen LogP contribution in [0.2, 0.25) is 5.02 Å². The van der Waals surface area contributed by atoms with Gasteiger partial charge < -0.3 is 10.6 Å². The number of benzene rings is 2. The molecule has 2 amide bonds. The van der Waals surface area contributed by atoms with Crippen LogP contribution in [0.5, 0.6) is 0 Å². The maximum Gasteiger partial charge on any atom is 0.248 e. The average Bonchev–Trinajstić information content (AvgIpc) is 3.11. The molecule has 0 radical (unpaired) electrons. The summed E-state index contributed by atoms with van der Waals surface area (Å²) >= 11 is 7.48. The Balaban J connectivity index is 1.70. The Bertz CT molecular complexity index is 1060. The number of carbonyl (C=O) groups excluding carboxylic acids is 2. The van der Waals surface area contributed by atoms with Gasteiger partial charge in [0.2, 0.25) is 11.8 Å². The first-order chi connectivity index (χ1) is 13.4. The van der Waals surface area contributed by atoms with Gasteiger partial charge in [-0.2, -0.15) is 0 Å². The molecule has 1 aromatic heterocycles. The Labute approximate surface area is 170 Å². The molecular weight excluding hydrogens is 399 g/mol. The molecule has 0 aliphatic carbocycles. The molecule has 0 saturated carbocycles. The van der Waals surface area contributed by atoms with Gasteiger partial charge in [0.25, 0.3) is 0 Å². The van der Waals surface area contributed by atoms with Crippen LogP contribution in [0.4, 0.5) is 15.8 Å². The van der Waals surface area contributed by atoms with E-state index in [4.69, 9.17) is 11.6 Å². The summed E-state index contributed by atoms with van der Waals surface area (Å²) in [5, 5.41) is 5.66. The van der Waals surface area contributed by atoms with Crippen LogP contribution >= 0.6 is 22.9 Å². The molecule has 0 fully saturated rings. The minimum atomic E-state index is -0.372. The summed E-state index contributed by atoms with van der Waals surface area (Å²) in [6, 6.07) is 15.0. The molecule has 0 saturated heterocycles. The van der Waals surface area contributed by atoms with Crippen molar-refractivity contribution in [2.75, 3.05) is 10.6 Å². The molecule has 3 rings (SSSR count). The maximum atomic E-state index is 13.9. The molecule has 7 heteroatoms.